The minimum absolute atomic E-state index is 0.169. The molecule has 0 spiro atoms. The molecular formula is C14H11BrClF2NO. The number of hydrogen-bond donors (Lipinski definition) is 1. The molecule has 0 amide bonds. The molecule has 0 atom stereocenters. The molecule has 0 aliphatic heterocycles. The van der Waals surface area contributed by atoms with E-state index in [2.05, 4.69) is 26.0 Å². The van der Waals surface area contributed by atoms with Crippen molar-refractivity contribution >= 4 is 33.2 Å². The molecule has 0 unspecified atom stereocenters. The minimum atomic E-state index is -2.83. The second kappa shape index (κ2) is 6.90. The molecular weight excluding hydrogens is 352 g/mol. The van der Waals surface area contributed by atoms with Crippen molar-refractivity contribution in [1.29, 1.82) is 0 Å². The van der Waals surface area contributed by atoms with Gasteiger partial charge in [-0.25, -0.2) is 0 Å². The van der Waals surface area contributed by atoms with Crippen molar-refractivity contribution < 1.29 is 13.5 Å². The van der Waals surface area contributed by atoms with Gasteiger partial charge >= 0.3 is 6.61 Å². The summed E-state index contributed by atoms with van der Waals surface area (Å²) in [5, 5.41) is 3.74. The Labute approximate surface area is 128 Å². The van der Waals surface area contributed by atoms with Gasteiger partial charge in [0.2, 0.25) is 0 Å². The highest BCUT2D eigenvalue weighted by molar-refractivity contribution is 9.10. The van der Waals surface area contributed by atoms with E-state index < -0.39 is 6.61 Å². The maximum atomic E-state index is 12.3. The normalized spacial score (nSPS) is 10.7. The highest BCUT2D eigenvalue weighted by Gasteiger charge is 2.09. The van der Waals surface area contributed by atoms with Crippen LogP contribution in [0.2, 0.25) is 5.02 Å². The smallest absolute Gasteiger partial charge is 0.387 e. The van der Waals surface area contributed by atoms with Crippen LogP contribution in [-0.4, -0.2) is 6.61 Å². The van der Waals surface area contributed by atoms with Gasteiger partial charge in [0.15, 0.2) is 0 Å². The average molecular weight is 363 g/mol. The number of alkyl halides is 2. The number of hydrogen-bond acceptors (Lipinski definition) is 2. The summed E-state index contributed by atoms with van der Waals surface area (Å²) in [5.74, 6) is 0.169. The minimum Gasteiger partial charge on any atom is -0.434 e. The van der Waals surface area contributed by atoms with E-state index in [1.165, 1.54) is 6.07 Å². The van der Waals surface area contributed by atoms with E-state index >= 15 is 0 Å². The first-order valence-electron chi connectivity index (χ1n) is 5.78. The molecule has 2 aromatic carbocycles. The Morgan fingerprint density at radius 3 is 2.65 bits per heavy atom. The van der Waals surface area contributed by atoms with Crippen molar-refractivity contribution in [2.24, 2.45) is 0 Å². The lowest BCUT2D eigenvalue weighted by molar-refractivity contribution is -0.0504. The molecule has 0 fully saturated rings. The SMILES string of the molecule is FC(F)Oc1ccccc1CNc1ccc(Cl)c(Br)c1. The number of ether oxygens (including phenoxy) is 1. The molecule has 20 heavy (non-hydrogen) atoms. The van der Waals surface area contributed by atoms with Gasteiger partial charge in [0, 0.05) is 22.3 Å². The van der Waals surface area contributed by atoms with Gasteiger partial charge in [-0.3, -0.25) is 0 Å². The zero-order chi connectivity index (χ0) is 14.5. The van der Waals surface area contributed by atoms with E-state index in [9.17, 15) is 8.78 Å². The zero-order valence-corrected chi connectivity index (χ0v) is 12.6. The monoisotopic (exact) mass is 361 g/mol. The lowest BCUT2D eigenvalue weighted by Gasteiger charge is -2.12. The van der Waals surface area contributed by atoms with Crippen molar-refractivity contribution in [3.8, 4) is 5.75 Å². The lowest BCUT2D eigenvalue weighted by atomic mass is 10.2. The number of para-hydroxylation sites is 1. The van der Waals surface area contributed by atoms with Crippen molar-refractivity contribution in [3.05, 3.63) is 57.5 Å². The fourth-order valence-corrected chi connectivity index (χ4v) is 2.16. The molecule has 0 aromatic heterocycles. The number of halogens is 4. The Balaban J connectivity index is 2.08. The third-order valence-corrected chi connectivity index (χ3v) is 3.81. The summed E-state index contributed by atoms with van der Waals surface area (Å²) < 4.78 is 29.8. The summed E-state index contributed by atoms with van der Waals surface area (Å²) in [6.07, 6.45) is 0. The van der Waals surface area contributed by atoms with Crippen LogP contribution in [0.3, 0.4) is 0 Å². The standard InChI is InChI=1S/C14H11BrClF2NO/c15-11-7-10(5-6-12(11)16)19-8-9-3-1-2-4-13(9)20-14(17)18/h1-7,14,19H,8H2. The summed E-state index contributed by atoms with van der Waals surface area (Å²) in [4.78, 5) is 0. The summed E-state index contributed by atoms with van der Waals surface area (Å²) in [5.41, 5.74) is 1.48. The highest BCUT2D eigenvalue weighted by atomic mass is 79.9. The molecule has 0 bridgehead atoms. The average Bonchev–Trinajstić information content (AvgIpc) is 2.41. The topological polar surface area (TPSA) is 21.3 Å². The first kappa shape index (κ1) is 15.1. The first-order chi connectivity index (χ1) is 9.56. The third kappa shape index (κ3) is 4.08. The van der Waals surface area contributed by atoms with Gasteiger partial charge in [0.25, 0.3) is 0 Å². The maximum absolute atomic E-state index is 12.3. The molecule has 1 N–H and O–H groups in total. The van der Waals surface area contributed by atoms with E-state index in [4.69, 9.17) is 11.6 Å². The molecule has 2 rings (SSSR count). The summed E-state index contributed by atoms with van der Waals surface area (Å²) in [6.45, 7) is -2.46. The quantitative estimate of drug-likeness (QED) is 0.777. The van der Waals surface area contributed by atoms with Crippen molar-refractivity contribution in [3.63, 3.8) is 0 Å². The van der Waals surface area contributed by atoms with E-state index in [0.29, 0.717) is 17.1 Å². The fourth-order valence-electron chi connectivity index (χ4n) is 1.66. The second-order valence-electron chi connectivity index (χ2n) is 3.97. The molecule has 0 heterocycles. The lowest BCUT2D eigenvalue weighted by Crippen LogP contribution is -2.07. The van der Waals surface area contributed by atoms with Gasteiger partial charge in [-0.2, -0.15) is 8.78 Å². The summed E-state index contributed by atoms with van der Waals surface area (Å²) in [6, 6.07) is 12.0. The van der Waals surface area contributed by atoms with Crippen LogP contribution >= 0.6 is 27.5 Å². The van der Waals surface area contributed by atoms with Crippen LogP contribution in [0, 0.1) is 0 Å². The molecule has 0 saturated carbocycles. The van der Waals surface area contributed by atoms with Crippen molar-refractivity contribution in [2.75, 3.05) is 5.32 Å². The van der Waals surface area contributed by atoms with Crippen molar-refractivity contribution in [1.82, 2.24) is 0 Å². The molecule has 0 aliphatic carbocycles. The Kier molecular flexibility index (Phi) is 5.20. The van der Waals surface area contributed by atoms with Gasteiger partial charge in [-0.05, 0) is 40.2 Å². The number of benzene rings is 2. The molecule has 0 aliphatic rings. The van der Waals surface area contributed by atoms with Crippen LogP contribution in [0.25, 0.3) is 0 Å². The van der Waals surface area contributed by atoms with Crippen LogP contribution in [-0.2, 0) is 6.54 Å². The van der Waals surface area contributed by atoms with E-state index in [1.54, 1.807) is 24.3 Å². The molecule has 0 saturated heterocycles. The maximum Gasteiger partial charge on any atom is 0.387 e. The highest BCUT2D eigenvalue weighted by Crippen LogP contribution is 2.27. The van der Waals surface area contributed by atoms with Crippen LogP contribution in [0.1, 0.15) is 5.56 Å². The van der Waals surface area contributed by atoms with Gasteiger partial charge in [-0.1, -0.05) is 29.8 Å². The molecule has 0 radical (unpaired) electrons. The molecule has 106 valence electrons. The van der Waals surface area contributed by atoms with E-state index in [1.807, 2.05) is 12.1 Å². The largest absolute Gasteiger partial charge is 0.434 e. The Hall–Kier alpha value is -1.33. The van der Waals surface area contributed by atoms with Crippen LogP contribution < -0.4 is 10.1 Å². The Morgan fingerprint density at radius 1 is 1.20 bits per heavy atom. The van der Waals surface area contributed by atoms with Crippen LogP contribution in [0.5, 0.6) is 5.75 Å². The van der Waals surface area contributed by atoms with Crippen LogP contribution in [0.4, 0.5) is 14.5 Å². The predicted molar refractivity (Wildman–Crippen MR) is 79.6 cm³/mol. The predicted octanol–water partition coefficient (Wildman–Crippen LogP) is 5.32. The molecule has 6 heteroatoms. The fraction of sp³-hybridized carbons (Fsp3) is 0.143. The number of rotatable bonds is 5. The first-order valence-corrected chi connectivity index (χ1v) is 6.95. The molecule has 2 aromatic rings. The molecule has 2 nitrogen and oxygen atoms in total. The number of nitrogens with one attached hydrogen (secondary N) is 1. The second-order valence-corrected chi connectivity index (χ2v) is 5.23. The van der Waals surface area contributed by atoms with E-state index in [0.717, 1.165) is 10.2 Å². The summed E-state index contributed by atoms with van der Waals surface area (Å²) in [7, 11) is 0. The zero-order valence-electron chi connectivity index (χ0n) is 10.2. The Bertz CT molecular complexity index is 595. The number of anilines is 1. The Morgan fingerprint density at radius 2 is 1.95 bits per heavy atom. The van der Waals surface area contributed by atoms with Crippen molar-refractivity contribution in [2.45, 2.75) is 13.2 Å². The van der Waals surface area contributed by atoms with Gasteiger partial charge < -0.3 is 10.1 Å². The van der Waals surface area contributed by atoms with E-state index in [-0.39, 0.29) is 5.75 Å². The van der Waals surface area contributed by atoms with Crippen LogP contribution in [0.15, 0.2) is 46.9 Å². The van der Waals surface area contributed by atoms with Gasteiger partial charge in [0.05, 0.1) is 5.02 Å². The third-order valence-electron chi connectivity index (χ3n) is 2.59. The van der Waals surface area contributed by atoms with Gasteiger partial charge in [0.1, 0.15) is 5.75 Å². The summed E-state index contributed by atoms with van der Waals surface area (Å²) >= 11 is 9.23. The van der Waals surface area contributed by atoms with Gasteiger partial charge in [-0.15, -0.1) is 0 Å².